The Balaban J connectivity index is 0.00000169. The molecule has 0 spiro atoms. The summed E-state index contributed by atoms with van der Waals surface area (Å²) in [6.07, 6.45) is 0. The van der Waals surface area contributed by atoms with E-state index in [1.54, 1.807) is 0 Å². The molecule has 4 aromatic rings. The Kier molecular flexibility index (Phi) is 24.3. The topological polar surface area (TPSA) is 170 Å². The zero-order chi connectivity index (χ0) is 42.0. The molecule has 5 rings (SSSR count). The van der Waals surface area contributed by atoms with Gasteiger partial charge in [-0.1, -0.05) is 181 Å². The third-order valence-electron chi connectivity index (χ3n) is 9.70. The minimum absolute atomic E-state index is 0. The van der Waals surface area contributed by atoms with Gasteiger partial charge in [0.05, 0.1) is 46.7 Å². The normalized spacial score (nSPS) is 13.9. The molecule has 0 saturated heterocycles. The van der Waals surface area contributed by atoms with Crippen LogP contribution in [0.1, 0.15) is 131 Å². The van der Waals surface area contributed by atoms with E-state index in [-0.39, 0.29) is 115 Å². The van der Waals surface area contributed by atoms with E-state index in [0.29, 0.717) is 39.4 Å². The second kappa shape index (κ2) is 25.2. The summed E-state index contributed by atoms with van der Waals surface area (Å²) in [6, 6.07) is 22.4. The summed E-state index contributed by atoms with van der Waals surface area (Å²) < 4.78 is 17.3. The molecule has 0 aliphatic carbocycles. The molecule has 1 heterocycles. The molecule has 0 unspecified atom stereocenters. The Bertz CT molecular complexity index is 1620. The van der Waals surface area contributed by atoms with Gasteiger partial charge < -0.3 is 45.8 Å². The molecule has 0 amide bonds. The van der Waals surface area contributed by atoms with E-state index in [9.17, 15) is 15.3 Å². The molecule has 328 valence electrons. The third-order valence-corrected chi connectivity index (χ3v) is 9.70. The predicted octanol–water partition coefficient (Wildman–Crippen LogP) is 8.95. The second-order valence-corrected chi connectivity index (χ2v) is 19.4. The Morgan fingerprint density at radius 3 is 0.915 bits per heavy atom. The van der Waals surface area contributed by atoms with Gasteiger partial charge in [0, 0.05) is 36.7 Å². The SMILES string of the molecule is CC(C)(C)c1cc2c([O-])c(c1)COCc1cc(C(C)(C)C)cc(c1[O-])COCc1cc(C(C)(C)C)cc(c1[O-])COC2.C[NH2+][C@@H](C)c1ccccc1.ClC(Cl)Cl.[O-2].[O-2].[U]. The van der Waals surface area contributed by atoms with Gasteiger partial charge in [-0.05, 0) is 73.2 Å². The molecule has 4 aromatic carbocycles. The molecule has 1 aliphatic rings. The summed E-state index contributed by atoms with van der Waals surface area (Å²) in [5, 5.41) is 42.7. The van der Waals surface area contributed by atoms with Gasteiger partial charge in [-0.2, -0.15) is 0 Å². The Morgan fingerprint density at radius 2 is 0.729 bits per heavy atom. The minimum Gasteiger partial charge on any atom is -2.00 e. The van der Waals surface area contributed by atoms with Gasteiger partial charge in [-0.3, -0.25) is 0 Å². The number of hydrogen-bond donors (Lipinski definition) is 1. The second-order valence-electron chi connectivity index (χ2n) is 17.4. The molecule has 59 heavy (non-hydrogen) atoms. The molecule has 0 radical (unpaired) electrons. The van der Waals surface area contributed by atoms with Crippen LogP contribution >= 0.6 is 34.8 Å². The van der Waals surface area contributed by atoms with Crippen molar-refractivity contribution in [3.63, 3.8) is 0 Å². The molecule has 1 aliphatic heterocycles. The van der Waals surface area contributed by atoms with Gasteiger partial charge in [0.1, 0.15) is 6.04 Å². The number of fused-ring (bicyclic) bond motifs is 6. The number of hydrogen-bond acceptors (Lipinski definition) is 6. The summed E-state index contributed by atoms with van der Waals surface area (Å²) in [5.41, 5.74) is 6.89. The van der Waals surface area contributed by atoms with Crippen LogP contribution < -0.4 is 20.6 Å². The van der Waals surface area contributed by atoms with Crippen LogP contribution in [-0.4, -0.2) is 11.3 Å². The maximum absolute atomic E-state index is 13.5. The van der Waals surface area contributed by atoms with Gasteiger partial charge in [0.15, 0.2) is 4.30 Å². The number of ether oxygens (including phenoxy) is 3. The predicted molar refractivity (Wildman–Crippen MR) is 225 cm³/mol. The molecule has 13 heteroatoms. The smallest absolute Gasteiger partial charge is 0.180 e. The maximum atomic E-state index is 13.5. The van der Waals surface area contributed by atoms with Crippen molar-refractivity contribution in [2.75, 3.05) is 7.05 Å². The average molecular weight is 1100 g/mol. The molecular weight excluding hydrogens is 1040 g/mol. The molecule has 0 fully saturated rings. The van der Waals surface area contributed by atoms with Crippen molar-refractivity contribution in [3.05, 3.63) is 122 Å². The van der Waals surface area contributed by atoms with Crippen LogP contribution in [0.3, 0.4) is 0 Å². The number of rotatable bonds is 2. The summed E-state index contributed by atoms with van der Waals surface area (Å²) in [7, 11) is 2.09. The molecule has 9 nitrogen and oxygen atoms in total. The van der Waals surface area contributed by atoms with Crippen LogP contribution in [0, 0.1) is 31.1 Å². The molecular formula is C46H60Cl3NO8U-6. The maximum Gasteiger partial charge on any atom is 0.180 e. The molecule has 0 aromatic heterocycles. The van der Waals surface area contributed by atoms with Crippen LogP contribution in [0.15, 0.2) is 66.7 Å². The zero-order valence-corrected chi connectivity index (χ0v) is 42.7. The van der Waals surface area contributed by atoms with Gasteiger partial charge in [-0.25, -0.2) is 0 Å². The molecule has 6 bridgehead atoms. The summed E-state index contributed by atoms with van der Waals surface area (Å²) in [6.45, 7) is 21.5. The van der Waals surface area contributed by atoms with Gasteiger partial charge in [0.25, 0.3) is 0 Å². The number of benzene rings is 4. The van der Waals surface area contributed by atoms with Crippen molar-refractivity contribution in [3.8, 4) is 17.2 Å². The monoisotopic (exact) mass is 1100 g/mol. The van der Waals surface area contributed by atoms with E-state index in [2.05, 4.69) is 106 Å². The minimum atomic E-state index is -0.750. The number of quaternary nitrogens is 1. The zero-order valence-electron chi connectivity index (χ0n) is 36.2. The van der Waals surface area contributed by atoms with Gasteiger partial charge in [-0.15, -0.1) is 0 Å². The first kappa shape index (κ1) is 57.0. The van der Waals surface area contributed by atoms with E-state index < -0.39 is 4.30 Å². The number of halogens is 3. The third kappa shape index (κ3) is 17.7. The van der Waals surface area contributed by atoms with E-state index >= 15 is 0 Å². The van der Waals surface area contributed by atoms with Crippen LogP contribution in [0.4, 0.5) is 0 Å². The summed E-state index contributed by atoms with van der Waals surface area (Å²) >= 11 is 14.4. The fourth-order valence-corrected chi connectivity index (χ4v) is 5.97. The van der Waals surface area contributed by atoms with Crippen molar-refractivity contribution in [1.82, 2.24) is 0 Å². The van der Waals surface area contributed by atoms with E-state index in [4.69, 9.17) is 49.0 Å². The van der Waals surface area contributed by atoms with Crippen molar-refractivity contribution in [1.29, 1.82) is 0 Å². The first-order valence-electron chi connectivity index (χ1n) is 19.0. The van der Waals surface area contributed by atoms with Crippen molar-refractivity contribution < 1.29 is 76.9 Å². The largest absolute Gasteiger partial charge is 2.00 e. The van der Waals surface area contributed by atoms with Crippen LogP contribution in [0.5, 0.6) is 17.2 Å². The Labute approximate surface area is 391 Å². The van der Waals surface area contributed by atoms with Gasteiger partial charge >= 0.3 is 0 Å². The Morgan fingerprint density at radius 1 is 0.508 bits per heavy atom. The quantitative estimate of drug-likeness (QED) is 0.197. The van der Waals surface area contributed by atoms with Gasteiger partial charge in [0.2, 0.25) is 0 Å². The van der Waals surface area contributed by atoms with E-state index in [1.807, 2.05) is 42.5 Å². The molecule has 2 N–H and O–H groups in total. The summed E-state index contributed by atoms with van der Waals surface area (Å²) in [5.74, 6) is -0.429. The van der Waals surface area contributed by atoms with E-state index in [1.165, 1.54) is 5.56 Å². The van der Waals surface area contributed by atoms with Crippen molar-refractivity contribution in [2.45, 2.75) is 135 Å². The Hall–Kier alpha value is -2.04. The fourth-order valence-electron chi connectivity index (χ4n) is 5.97. The van der Waals surface area contributed by atoms with Crippen molar-refractivity contribution >= 4 is 34.8 Å². The average Bonchev–Trinajstić information content (AvgIpc) is 3.10. The van der Waals surface area contributed by atoms with Crippen LogP contribution in [0.25, 0.3) is 0 Å². The fraction of sp³-hybridized carbons (Fsp3) is 0.478. The summed E-state index contributed by atoms with van der Waals surface area (Å²) in [4.78, 5) is 0. The first-order valence-corrected chi connectivity index (χ1v) is 20.3. The van der Waals surface area contributed by atoms with E-state index in [0.717, 1.165) is 16.7 Å². The standard InChI is InChI=1S/C36H48O6.C9H13N.CHCl3.2O.U/c1-34(2,3)28-10-22-16-40-18-24-12-29(35(4,5)6)14-26(32(24)38)20-42-21-27-15-30(36(7,8)9)13-25(33(27)39)19-41-17-23(11-28)31(22)37;1-8(10-2)9-6-4-3-5-7-9;2-1(3)4;;;/h10-15,37-39H,16-21H2,1-9H3;3-8,10H,1-2H3;1H;;;/q;;;2*-2;/p-2/t;8-;;;;/m.0..../s1. The molecule has 0 saturated carbocycles. The number of alkyl halides is 3. The van der Waals surface area contributed by atoms with Crippen molar-refractivity contribution in [2.24, 2.45) is 0 Å². The number of nitrogens with two attached hydrogens (primary N) is 1. The van der Waals surface area contributed by atoms with Crippen LogP contribution in [-0.2, 0) is 81.0 Å². The first-order chi connectivity index (χ1) is 26.0. The molecule has 1 atom stereocenters. The van der Waals surface area contributed by atoms with Crippen LogP contribution in [0.2, 0.25) is 0 Å².